The fourth-order valence-electron chi connectivity index (χ4n) is 3.71. The molecule has 3 N–H and O–H groups in total. The van der Waals surface area contributed by atoms with Gasteiger partial charge in [-0.2, -0.15) is 0 Å². The number of benzene rings is 2. The number of carbonyl (C=O) groups is 2. The van der Waals surface area contributed by atoms with Gasteiger partial charge in [0, 0.05) is 41.8 Å². The normalized spacial score (nSPS) is 17.2. The minimum atomic E-state index is -0.390. The van der Waals surface area contributed by atoms with Gasteiger partial charge in [-0.05, 0) is 87.6 Å². The first-order valence-corrected chi connectivity index (χ1v) is 10.9. The van der Waals surface area contributed by atoms with Gasteiger partial charge >= 0.3 is 0 Å². The molecular weight excluding hydrogens is 376 g/mol. The van der Waals surface area contributed by atoms with E-state index in [1.54, 1.807) is 0 Å². The van der Waals surface area contributed by atoms with Gasteiger partial charge in [0.05, 0.1) is 0 Å². The Labute approximate surface area is 178 Å². The average molecular weight is 407 g/mol. The van der Waals surface area contributed by atoms with E-state index in [1.165, 1.54) is 24.9 Å². The van der Waals surface area contributed by atoms with E-state index in [-0.39, 0.29) is 17.7 Å². The first-order chi connectivity index (χ1) is 14.6. The van der Waals surface area contributed by atoms with Crippen LogP contribution >= 0.6 is 0 Å². The quantitative estimate of drug-likeness (QED) is 0.635. The third-order valence-electron chi connectivity index (χ3n) is 5.73. The molecular formula is C24H30N4O2. The van der Waals surface area contributed by atoms with Crippen LogP contribution in [0, 0.1) is 5.92 Å². The Kier molecular flexibility index (Phi) is 6.21. The molecule has 6 nitrogen and oxygen atoms in total. The minimum absolute atomic E-state index is 0.0909. The van der Waals surface area contributed by atoms with Crippen LogP contribution in [0.5, 0.6) is 0 Å². The van der Waals surface area contributed by atoms with E-state index in [1.807, 2.05) is 43.3 Å². The molecule has 30 heavy (non-hydrogen) atoms. The van der Waals surface area contributed by atoms with Crippen LogP contribution in [0.2, 0.25) is 0 Å². The van der Waals surface area contributed by atoms with Crippen molar-refractivity contribution in [2.24, 2.45) is 5.92 Å². The molecule has 2 fully saturated rings. The second-order valence-electron chi connectivity index (χ2n) is 8.29. The number of nitrogens with zero attached hydrogens (tertiary/aromatic N) is 1. The van der Waals surface area contributed by atoms with Gasteiger partial charge in [0.2, 0.25) is 11.8 Å². The molecule has 1 aliphatic carbocycles. The number of nitrogens with one attached hydrogen (secondary N) is 3. The standard InChI is InChI=1S/C24H30N4O2/c1-17(25-19-7-9-20(10-8-19)27-24(30)18-5-6-18)23(29)26-21-11-13-22(14-12-21)28-15-3-2-4-16-28/h7-14,17-18,25H,2-6,15-16H2,1H3,(H,26,29)(H,27,30). The lowest BCUT2D eigenvalue weighted by molar-refractivity contribution is -0.117. The summed E-state index contributed by atoms with van der Waals surface area (Å²) in [5.74, 6) is 0.182. The summed E-state index contributed by atoms with van der Waals surface area (Å²) in [5.41, 5.74) is 3.63. The third-order valence-corrected chi connectivity index (χ3v) is 5.73. The Bertz CT molecular complexity index is 869. The summed E-state index contributed by atoms with van der Waals surface area (Å²) in [4.78, 5) is 26.8. The van der Waals surface area contributed by atoms with E-state index in [0.29, 0.717) is 0 Å². The summed E-state index contributed by atoms with van der Waals surface area (Å²) in [6.07, 6.45) is 5.77. The first kappa shape index (κ1) is 20.3. The third kappa shape index (κ3) is 5.32. The van der Waals surface area contributed by atoms with E-state index in [4.69, 9.17) is 0 Å². The Morgan fingerprint density at radius 1 is 0.833 bits per heavy atom. The van der Waals surface area contributed by atoms with Crippen molar-refractivity contribution < 1.29 is 9.59 Å². The second kappa shape index (κ2) is 9.20. The average Bonchev–Trinajstić information content (AvgIpc) is 3.62. The molecule has 1 saturated heterocycles. The number of hydrogen-bond acceptors (Lipinski definition) is 4. The predicted molar refractivity (Wildman–Crippen MR) is 122 cm³/mol. The zero-order chi connectivity index (χ0) is 20.9. The summed E-state index contributed by atoms with van der Waals surface area (Å²) in [5, 5.41) is 9.10. The molecule has 2 aromatic rings. The number of anilines is 4. The molecule has 1 unspecified atom stereocenters. The van der Waals surface area contributed by atoms with Crippen molar-refractivity contribution in [1.29, 1.82) is 0 Å². The Morgan fingerprint density at radius 2 is 1.40 bits per heavy atom. The molecule has 0 spiro atoms. The smallest absolute Gasteiger partial charge is 0.246 e. The van der Waals surface area contributed by atoms with Crippen LogP contribution in [0.15, 0.2) is 48.5 Å². The maximum absolute atomic E-state index is 12.6. The van der Waals surface area contributed by atoms with Crippen LogP contribution in [0.4, 0.5) is 22.7 Å². The summed E-state index contributed by atoms with van der Waals surface area (Å²) in [7, 11) is 0. The fraction of sp³-hybridized carbons (Fsp3) is 0.417. The van der Waals surface area contributed by atoms with Gasteiger partial charge in [-0.15, -0.1) is 0 Å². The van der Waals surface area contributed by atoms with Crippen molar-refractivity contribution >= 4 is 34.6 Å². The zero-order valence-corrected chi connectivity index (χ0v) is 17.5. The van der Waals surface area contributed by atoms with Crippen LogP contribution < -0.4 is 20.9 Å². The highest BCUT2D eigenvalue weighted by Gasteiger charge is 2.29. The highest BCUT2D eigenvalue weighted by molar-refractivity contribution is 5.96. The second-order valence-corrected chi connectivity index (χ2v) is 8.29. The largest absolute Gasteiger partial charge is 0.374 e. The van der Waals surface area contributed by atoms with Gasteiger partial charge in [0.15, 0.2) is 0 Å². The van der Waals surface area contributed by atoms with Crippen molar-refractivity contribution in [1.82, 2.24) is 0 Å². The topological polar surface area (TPSA) is 73.5 Å². The van der Waals surface area contributed by atoms with Crippen LogP contribution in [-0.2, 0) is 9.59 Å². The lowest BCUT2D eigenvalue weighted by Gasteiger charge is -2.28. The van der Waals surface area contributed by atoms with Crippen LogP contribution in [0.1, 0.15) is 39.0 Å². The lowest BCUT2D eigenvalue weighted by atomic mass is 10.1. The van der Waals surface area contributed by atoms with Gasteiger partial charge < -0.3 is 20.9 Å². The molecule has 6 heteroatoms. The van der Waals surface area contributed by atoms with Crippen molar-refractivity contribution in [2.75, 3.05) is 33.9 Å². The van der Waals surface area contributed by atoms with Gasteiger partial charge in [-0.25, -0.2) is 0 Å². The highest BCUT2D eigenvalue weighted by Crippen LogP contribution is 2.30. The monoisotopic (exact) mass is 406 g/mol. The Hall–Kier alpha value is -3.02. The number of amides is 2. The number of hydrogen-bond donors (Lipinski definition) is 3. The van der Waals surface area contributed by atoms with E-state index < -0.39 is 6.04 Å². The summed E-state index contributed by atoms with van der Waals surface area (Å²) >= 11 is 0. The molecule has 4 rings (SSSR count). The molecule has 1 atom stereocenters. The molecule has 0 radical (unpaired) electrons. The maximum Gasteiger partial charge on any atom is 0.246 e. The minimum Gasteiger partial charge on any atom is -0.374 e. The summed E-state index contributed by atoms with van der Waals surface area (Å²) in [6, 6.07) is 15.1. The van der Waals surface area contributed by atoms with Crippen molar-refractivity contribution in [2.45, 2.75) is 45.1 Å². The molecule has 0 bridgehead atoms. The van der Waals surface area contributed by atoms with E-state index in [9.17, 15) is 9.59 Å². The van der Waals surface area contributed by atoms with Gasteiger partial charge in [-0.3, -0.25) is 9.59 Å². The maximum atomic E-state index is 12.6. The molecule has 158 valence electrons. The Morgan fingerprint density at radius 3 is 2.03 bits per heavy atom. The van der Waals surface area contributed by atoms with Crippen molar-refractivity contribution in [3.8, 4) is 0 Å². The molecule has 1 heterocycles. The molecule has 1 aliphatic heterocycles. The van der Waals surface area contributed by atoms with Gasteiger partial charge in [-0.1, -0.05) is 0 Å². The van der Waals surface area contributed by atoms with Gasteiger partial charge in [0.1, 0.15) is 6.04 Å². The van der Waals surface area contributed by atoms with Crippen LogP contribution in [0.3, 0.4) is 0 Å². The predicted octanol–water partition coefficient (Wildman–Crippen LogP) is 4.46. The lowest BCUT2D eigenvalue weighted by Crippen LogP contribution is -2.32. The molecule has 1 saturated carbocycles. The van der Waals surface area contributed by atoms with Gasteiger partial charge in [0.25, 0.3) is 0 Å². The van der Waals surface area contributed by atoms with Crippen molar-refractivity contribution in [3.63, 3.8) is 0 Å². The van der Waals surface area contributed by atoms with Crippen LogP contribution in [-0.4, -0.2) is 30.9 Å². The fourth-order valence-corrected chi connectivity index (χ4v) is 3.71. The number of carbonyl (C=O) groups excluding carboxylic acids is 2. The van der Waals surface area contributed by atoms with Crippen molar-refractivity contribution in [3.05, 3.63) is 48.5 Å². The molecule has 2 aliphatic rings. The molecule has 0 aromatic heterocycles. The van der Waals surface area contributed by atoms with E-state index in [2.05, 4.69) is 33.0 Å². The summed E-state index contributed by atoms with van der Waals surface area (Å²) in [6.45, 7) is 4.05. The van der Waals surface area contributed by atoms with E-state index >= 15 is 0 Å². The van der Waals surface area contributed by atoms with Crippen LogP contribution in [0.25, 0.3) is 0 Å². The molecule has 2 amide bonds. The molecule has 2 aromatic carbocycles. The number of rotatable bonds is 7. The first-order valence-electron chi connectivity index (χ1n) is 10.9. The summed E-state index contributed by atoms with van der Waals surface area (Å²) < 4.78 is 0. The zero-order valence-electron chi connectivity index (χ0n) is 17.5. The Balaban J connectivity index is 1.27. The highest BCUT2D eigenvalue weighted by atomic mass is 16.2. The van der Waals surface area contributed by atoms with E-state index in [0.717, 1.165) is 43.0 Å². The SMILES string of the molecule is CC(Nc1ccc(NC(=O)C2CC2)cc1)C(=O)Nc1ccc(N2CCCCC2)cc1. The number of piperidine rings is 1.